The van der Waals surface area contributed by atoms with Crippen LogP contribution in [-0.4, -0.2) is 35.0 Å². The Balaban J connectivity index is 1.25. The molecule has 0 aromatic heterocycles. The number of carbonyl (C=O) groups excluding carboxylic acids is 2. The van der Waals surface area contributed by atoms with Crippen LogP contribution in [0.2, 0.25) is 10.0 Å². The number of likely N-dealkylation sites (tertiary alicyclic amines) is 1. The first-order valence-corrected chi connectivity index (χ1v) is 10.9. The minimum atomic E-state index is -0.343. The van der Waals surface area contributed by atoms with E-state index in [1.165, 1.54) is 0 Å². The number of phenols is 1. The van der Waals surface area contributed by atoms with Gasteiger partial charge in [-0.15, -0.1) is 0 Å². The van der Waals surface area contributed by atoms with E-state index in [9.17, 15) is 14.7 Å². The summed E-state index contributed by atoms with van der Waals surface area (Å²) in [7, 11) is 0. The van der Waals surface area contributed by atoms with E-state index in [-0.39, 0.29) is 30.2 Å². The quantitative estimate of drug-likeness (QED) is 0.672. The number of ketones is 1. The lowest BCUT2D eigenvalue weighted by Crippen LogP contribution is -2.39. The topological polar surface area (TPSA) is 66.8 Å². The molecular formula is C23H23Cl2NO4. The lowest BCUT2D eigenvalue weighted by atomic mass is 9.85. The predicted molar refractivity (Wildman–Crippen MR) is 115 cm³/mol. The van der Waals surface area contributed by atoms with Crippen molar-refractivity contribution in [1.82, 2.24) is 4.90 Å². The van der Waals surface area contributed by atoms with Crippen LogP contribution in [0.4, 0.5) is 4.79 Å². The molecule has 1 aliphatic carbocycles. The van der Waals surface area contributed by atoms with Crippen molar-refractivity contribution in [2.45, 2.75) is 32.3 Å². The smallest absolute Gasteiger partial charge is 0.410 e. The molecule has 0 bridgehead atoms. The van der Waals surface area contributed by atoms with E-state index in [1.54, 1.807) is 35.2 Å². The highest BCUT2D eigenvalue weighted by Gasteiger charge is 2.34. The van der Waals surface area contributed by atoms with Crippen LogP contribution in [0.25, 0.3) is 0 Å². The van der Waals surface area contributed by atoms with E-state index < -0.39 is 0 Å². The Morgan fingerprint density at radius 3 is 2.50 bits per heavy atom. The second-order valence-corrected chi connectivity index (χ2v) is 8.98. The van der Waals surface area contributed by atoms with E-state index in [2.05, 4.69) is 0 Å². The van der Waals surface area contributed by atoms with Crippen LogP contribution in [0.1, 0.15) is 40.7 Å². The van der Waals surface area contributed by atoms with Gasteiger partial charge in [0.05, 0.1) is 0 Å². The number of piperidine rings is 1. The van der Waals surface area contributed by atoms with Crippen LogP contribution in [0.5, 0.6) is 5.75 Å². The fourth-order valence-corrected chi connectivity index (χ4v) is 5.00. The maximum absolute atomic E-state index is 12.6. The van der Waals surface area contributed by atoms with E-state index in [0.717, 1.165) is 36.8 Å². The summed E-state index contributed by atoms with van der Waals surface area (Å²) >= 11 is 12.0. The first-order chi connectivity index (χ1) is 14.4. The third kappa shape index (κ3) is 4.73. The highest BCUT2D eigenvalue weighted by molar-refractivity contribution is 6.34. The molecule has 1 unspecified atom stereocenters. The van der Waals surface area contributed by atoms with Crippen molar-refractivity contribution in [3.8, 4) is 5.75 Å². The number of aromatic hydroxyl groups is 1. The maximum atomic E-state index is 12.6. The Hall–Kier alpha value is -2.24. The summed E-state index contributed by atoms with van der Waals surface area (Å²) < 4.78 is 5.41. The van der Waals surface area contributed by atoms with Crippen molar-refractivity contribution in [2.75, 3.05) is 13.1 Å². The minimum Gasteiger partial charge on any atom is -0.508 e. The molecule has 1 saturated heterocycles. The first kappa shape index (κ1) is 21.0. The Labute approximate surface area is 185 Å². The number of carbonyl (C=O) groups is 2. The minimum absolute atomic E-state index is 0.0297. The molecule has 1 N–H and O–H groups in total. The monoisotopic (exact) mass is 447 g/mol. The van der Waals surface area contributed by atoms with Gasteiger partial charge in [-0.05, 0) is 73.1 Å². The Kier molecular flexibility index (Phi) is 6.21. The first-order valence-electron chi connectivity index (χ1n) is 10.1. The number of fused-ring (bicyclic) bond motifs is 1. The van der Waals surface area contributed by atoms with Gasteiger partial charge in [0.15, 0.2) is 5.78 Å². The van der Waals surface area contributed by atoms with Gasteiger partial charge in [0.25, 0.3) is 0 Å². The van der Waals surface area contributed by atoms with Crippen molar-refractivity contribution < 1.29 is 19.4 Å². The molecular weight excluding hydrogens is 425 g/mol. The zero-order chi connectivity index (χ0) is 21.3. The van der Waals surface area contributed by atoms with Crippen molar-refractivity contribution >= 4 is 35.1 Å². The van der Waals surface area contributed by atoms with Gasteiger partial charge in [-0.3, -0.25) is 4.79 Å². The summed E-state index contributed by atoms with van der Waals surface area (Å²) in [6, 6.07) is 10.1. The molecule has 1 aliphatic heterocycles. The molecule has 0 saturated carbocycles. The molecule has 5 nitrogen and oxygen atoms in total. The second-order valence-electron chi connectivity index (χ2n) is 8.11. The zero-order valence-electron chi connectivity index (χ0n) is 16.4. The van der Waals surface area contributed by atoms with Crippen LogP contribution < -0.4 is 0 Å². The van der Waals surface area contributed by atoms with Gasteiger partial charge in [0.2, 0.25) is 0 Å². The van der Waals surface area contributed by atoms with E-state index >= 15 is 0 Å². The number of nitrogens with zero attached hydrogens (tertiary/aromatic N) is 1. The van der Waals surface area contributed by atoms with E-state index in [0.29, 0.717) is 34.6 Å². The van der Waals surface area contributed by atoms with Crippen LogP contribution in [0.15, 0.2) is 36.4 Å². The predicted octanol–water partition coefficient (Wildman–Crippen LogP) is 5.49. The van der Waals surface area contributed by atoms with E-state index in [4.69, 9.17) is 27.9 Å². The molecule has 1 amide bonds. The number of amides is 1. The standard InChI is InChI=1S/C23H23Cl2NO4/c24-18-8-15(9-19(25)11-18)13-30-23(29)26-5-3-14(4-6-26)7-17-10-16-1-2-20(27)12-21(16)22(17)28/h1-2,8-9,11-12,14,17,27H,3-7,10,13H2. The highest BCUT2D eigenvalue weighted by atomic mass is 35.5. The average Bonchev–Trinajstić information content (AvgIpc) is 3.01. The molecule has 2 aromatic rings. The van der Waals surface area contributed by atoms with Crippen molar-refractivity contribution in [1.29, 1.82) is 0 Å². The van der Waals surface area contributed by atoms with Crippen LogP contribution in [0, 0.1) is 11.8 Å². The number of halogens is 2. The molecule has 4 rings (SSSR count). The van der Waals surface area contributed by atoms with Gasteiger partial charge in [0, 0.05) is 34.6 Å². The SMILES string of the molecule is O=C1c2cc(O)ccc2CC1CC1CCN(C(=O)OCc2cc(Cl)cc(Cl)c2)CC1. The van der Waals surface area contributed by atoms with Crippen LogP contribution in [0.3, 0.4) is 0 Å². The van der Waals surface area contributed by atoms with Crippen molar-refractivity contribution in [3.63, 3.8) is 0 Å². The number of rotatable bonds is 4. The molecule has 1 atom stereocenters. The fraction of sp³-hybridized carbons (Fsp3) is 0.391. The molecule has 0 radical (unpaired) electrons. The van der Waals surface area contributed by atoms with Gasteiger partial charge in [-0.1, -0.05) is 29.3 Å². The molecule has 1 heterocycles. The number of phenolic OH excluding ortho intramolecular Hbond substituents is 1. The van der Waals surface area contributed by atoms with Gasteiger partial charge in [-0.2, -0.15) is 0 Å². The number of ether oxygens (including phenoxy) is 1. The largest absolute Gasteiger partial charge is 0.508 e. The van der Waals surface area contributed by atoms with Crippen LogP contribution in [-0.2, 0) is 17.8 Å². The molecule has 7 heteroatoms. The Morgan fingerprint density at radius 2 is 1.80 bits per heavy atom. The summed E-state index contributed by atoms with van der Waals surface area (Å²) in [6.45, 7) is 1.36. The van der Waals surface area contributed by atoms with E-state index in [1.807, 2.05) is 6.07 Å². The molecule has 158 valence electrons. The zero-order valence-corrected chi connectivity index (χ0v) is 18.0. The summed E-state index contributed by atoms with van der Waals surface area (Å²) in [4.78, 5) is 26.7. The Morgan fingerprint density at radius 1 is 1.10 bits per heavy atom. The molecule has 2 aliphatic rings. The number of hydrogen-bond donors (Lipinski definition) is 1. The lowest BCUT2D eigenvalue weighted by Gasteiger charge is -2.32. The summed E-state index contributed by atoms with van der Waals surface area (Å²) in [5, 5.41) is 10.6. The fourth-order valence-electron chi connectivity index (χ4n) is 4.42. The summed E-state index contributed by atoms with van der Waals surface area (Å²) in [5.41, 5.74) is 2.42. The summed E-state index contributed by atoms with van der Waals surface area (Å²) in [5.74, 6) is 0.632. The van der Waals surface area contributed by atoms with Gasteiger partial charge >= 0.3 is 6.09 Å². The average molecular weight is 448 g/mol. The lowest BCUT2D eigenvalue weighted by molar-refractivity contribution is 0.0765. The van der Waals surface area contributed by atoms with Crippen LogP contribution >= 0.6 is 23.2 Å². The Bertz CT molecular complexity index is 949. The number of benzene rings is 2. The summed E-state index contributed by atoms with van der Waals surface area (Å²) in [6.07, 6.45) is 2.91. The normalized spacial score (nSPS) is 19.1. The molecule has 2 aromatic carbocycles. The van der Waals surface area contributed by atoms with Crippen molar-refractivity contribution in [2.24, 2.45) is 11.8 Å². The molecule has 1 fully saturated rings. The third-order valence-electron chi connectivity index (χ3n) is 5.97. The van der Waals surface area contributed by atoms with Gasteiger partial charge in [-0.25, -0.2) is 4.79 Å². The van der Waals surface area contributed by atoms with Gasteiger partial charge < -0.3 is 14.7 Å². The number of Topliss-reactive ketones (excluding diaryl/α,β-unsaturated/α-hetero) is 1. The third-order valence-corrected chi connectivity index (χ3v) is 6.41. The van der Waals surface area contributed by atoms with Crippen molar-refractivity contribution in [3.05, 3.63) is 63.1 Å². The highest BCUT2D eigenvalue weighted by Crippen LogP contribution is 2.35. The second kappa shape index (κ2) is 8.86. The molecule has 0 spiro atoms. The maximum Gasteiger partial charge on any atom is 0.410 e. The number of hydrogen-bond acceptors (Lipinski definition) is 4. The van der Waals surface area contributed by atoms with Gasteiger partial charge in [0.1, 0.15) is 12.4 Å². The molecule has 30 heavy (non-hydrogen) atoms.